The van der Waals surface area contributed by atoms with Crippen LogP contribution in [0, 0.1) is 0 Å². The summed E-state index contributed by atoms with van der Waals surface area (Å²) >= 11 is 0. The van der Waals surface area contributed by atoms with Gasteiger partial charge >= 0.3 is 0 Å². The quantitative estimate of drug-likeness (QED) is 0.811. The predicted molar refractivity (Wildman–Crippen MR) is 65.4 cm³/mol. The van der Waals surface area contributed by atoms with Crippen molar-refractivity contribution in [3.8, 4) is 5.75 Å². The average Bonchev–Trinajstić information content (AvgIpc) is 2.72. The highest BCUT2D eigenvalue weighted by Crippen LogP contribution is 2.18. The minimum absolute atomic E-state index is 0.325. The van der Waals surface area contributed by atoms with E-state index in [0.29, 0.717) is 12.1 Å². The Hall–Kier alpha value is -1.06. The van der Waals surface area contributed by atoms with Gasteiger partial charge in [-0.05, 0) is 30.5 Å². The number of methoxy groups -OCH3 is 1. The molecule has 2 rings (SSSR count). The van der Waals surface area contributed by atoms with Gasteiger partial charge in [-0.1, -0.05) is 18.6 Å². The molecule has 2 unspecified atom stereocenters. The molecule has 1 saturated carbocycles. The first-order valence-corrected chi connectivity index (χ1v) is 5.91. The SMILES string of the molecule is COc1cccc(CNC2CCCC2N)c1. The smallest absolute Gasteiger partial charge is 0.119 e. The molecular formula is C13H20N2O. The lowest BCUT2D eigenvalue weighted by molar-refractivity contribution is 0.413. The molecular weight excluding hydrogens is 200 g/mol. The van der Waals surface area contributed by atoms with E-state index in [2.05, 4.69) is 17.4 Å². The number of ether oxygens (including phenoxy) is 1. The molecule has 88 valence electrons. The summed E-state index contributed by atoms with van der Waals surface area (Å²) in [5.41, 5.74) is 7.26. The lowest BCUT2D eigenvalue weighted by Crippen LogP contribution is -2.40. The maximum Gasteiger partial charge on any atom is 0.119 e. The topological polar surface area (TPSA) is 47.3 Å². The molecule has 0 bridgehead atoms. The van der Waals surface area contributed by atoms with Crippen molar-refractivity contribution < 1.29 is 4.74 Å². The third kappa shape index (κ3) is 2.74. The van der Waals surface area contributed by atoms with Crippen molar-refractivity contribution in [2.24, 2.45) is 5.73 Å². The molecule has 1 aliphatic rings. The van der Waals surface area contributed by atoms with E-state index >= 15 is 0 Å². The van der Waals surface area contributed by atoms with Gasteiger partial charge in [0, 0.05) is 18.6 Å². The van der Waals surface area contributed by atoms with Crippen LogP contribution in [0.2, 0.25) is 0 Å². The Morgan fingerprint density at radius 3 is 3.00 bits per heavy atom. The lowest BCUT2D eigenvalue weighted by atomic mass is 10.1. The third-order valence-corrected chi connectivity index (χ3v) is 3.27. The summed E-state index contributed by atoms with van der Waals surface area (Å²) in [6.45, 7) is 0.871. The molecule has 1 fully saturated rings. The van der Waals surface area contributed by atoms with E-state index in [1.165, 1.54) is 18.4 Å². The number of nitrogens with one attached hydrogen (secondary N) is 1. The first-order valence-electron chi connectivity index (χ1n) is 5.91. The van der Waals surface area contributed by atoms with Crippen LogP contribution in [0.1, 0.15) is 24.8 Å². The zero-order valence-electron chi connectivity index (χ0n) is 9.78. The Kier molecular flexibility index (Phi) is 3.80. The van der Waals surface area contributed by atoms with E-state index in [1.807, 2.05) is 12.1 Å². The lowest BCUT2D eigenvalue weighted by Gasteiger charge is -2.17. The van der Waals surface area contributed by atoms with Gasteiger partial charge in [-0.3, -0.25) is 0 Å². The van der Waals surface area contributed by atoms with Crippen LogP contribution in [0.5, 0.6) is 5.75 Å². The zero-order chi connectivity index (χ0) is 11.4. The van der Waals surface area contributed by atoms with E-state index in [0.717, 1.165) is 18.7 Å². The van der Waals surface area contributed by atoms with Gasteiger partial charge in [0.25, 0.3) is 0 Å². The molecule has 3 nitrogen and oxygen atoms in total. The molecule has 0 spiro atoms. The number of hydrogen-bond donors (Lipinski definition) is 2. The molecule has 0 aliphatic heterocycles. The molecule has 1 aromatic carbocycles. The minimum atomic E-state index is 0.325. The van der Waals surface area contributed by atoms with E-state index in [9.17, 15) is 0 Å². The Labute approximate surface area is 97.0 Å². The van der Waals surface area contributed by atoms with Crippen molar-refractivity contribution in [2.45, 2.75) is 37.9 Å². The minimum Gasteiger partial charge on any atom is -0.497 e. The van der Waals surface area contributed by atoms with Crippen LogP contribution in [-0.4, -0.2) is 19.2 Å². The predicted octanol–water partition coefficient (Wildman–Crippen LogP) is 1.66. The molecule has 1 aliphatic carbocycles. The van der Waals surface area contributed by atoms with Crippen LogP contribution >= 0.6 is 0 Å². The third-order valence-electron chi connectivity index (χ3n) is 3.27. The van der Waals surface area contributed by atoms with Crippen LogP contribution < -0.4 is 15.8 Å². The van der Waals surface area contributed by atoms with E-state index < -0.39 is 0 Å². The van der Waals surface area contributed by atoms with Crippen LogP contribution in [0.25, 0.3) is 0 Å². The van der Waals surface area contributed by atoms with Gasteiger partial charge in [0.15, 0.2) is 0 Å². The second-order valence-corrected chi connectivity index (χ2v) is 4.43. The second-order valence-electron chi connectivity index (χ2n) is 4.43. The van der Waals surface area contributed by atoms with Crippen LogP contribution in [-0.2, 0) is 6.54 Å². The van der Waals surface area contributed by atoms with E-state index in [1.54, 1.807) is 7.11 Å². The van der Waals surface area contributed by atoms with Crippen molar-refractivity contribution in [1.82, 2.24) is 5.32 Å². The van der Waals surface area contributed by atoms with Crippen molar-refractivity contribution >= 4 is 0 Å². The number of nitrogens with two attached hydrogens (primary N) is 1. The summed E-state index contributed by atoms with van der Waals surface area (Å²) in [5, 5.41) is 3.52. The maximum absolute atomic E-state index is 6.01. The molecule has 1 aromatic rings. The van der Waals surface area contributed by atoms with Gasteiger partial charge in [0.1, 0.15) is 5.75 Å². The first kappa shape index (κ1) is 11.4. The van der Waals surface area contributed by atoms with Gasteiger partial charge in [-0.2, -0.15) is 0 Å². The van der Waals surface area contributed by atoms with Gasteiger partial charge in [-0.15, -0.1) is 0 Å². The highest BCUT2D eigenvalue weighted by atomic mass is 16.5. The zero-order valence-corrected chi connectivity index (χ0v) is 9.78. The highest BCUT2D eigenvalue weighted by Gasteiger charge is 2.22. The molecule has 0 heterocycles. The molecule has 3 heteroatoms. The Morgan fingerprint density at radius 1 is 1.44 bits per heavy atom. The molecule has 16 heavy (non-hydrogen) atoms. The molecule has 0 amide bonds. The monoisotopic (exact) mass is 220 g/mol. The summed E-state index contributed by atoms with van der Waals surface area (Å²) in [4.78, 5) is 0. The fourth-order valence-corrected chi connectivity index (χ4v) is 2.27. The van der Waals surface area contributed by atoms with E-state index in [4.69, 9.17) is 10.5 Å². The summed E-state index contributed by atoms with van der Waals surface area (Å²) in [6.07, 6.45) is 3.60. The molecule has 0 aromatic heterocycles. The number of benzene rings is 1. The second kappa shape index (κ2) is 5.32. The standard InChI is InChI=1S/C13H20N2O/c1-16-11-5-2-4-10(8-11)9-15-13-7-3-6-12(13)14/h2,4-5,8,12-13,15H,3,6-7,9,14H2,1H3. The molecule has 0 radical (unpaired) electrons. The van der Waals surface area contributed by atoms with Crippen molar-refractivity contribution in [3.63, 3.8) is 0 Å². The first-order chi connectivity index (χ1) is 7.79. The Morgan fingerprint density at radius 2 is 2.31 bits per heavy atom. The van der Waals surface area contributed by atoms with Crippen LogP contribution in [0.15, 0.2) is 24.3 Å². The summed E-state index contributed by atoms with van der Waals surface area (Å²) in [7, 11) is 1.69. The Balaban J connectivity index is 1.88. The summed E-state index contributed by atoms with van der Waals surface area (Å²) in [6, 6.07) is 8.95. The largest absolute Gasteiger partial charge is 0.497 e. The van der Waals surface area contributed by atoms with Gasteiger partial charge < -0.3 is 15.8 Å². The molecule has 3 N–H and O–H groups in total. The number of hydrogen-bond acceptors (Lipinski definition) is 3. The maximum atomic E-state index is 6.01. The highest BCUT2D eigenvalue weighted by molar-refractivity contribution is 5.28. The molecule has 2 atom stereocenters. The fourth-order valence-electron chi connectivity index (χ4n) is 2.27. The van der Waals surface area contributed by atoms with E-state index in [-0.39, 0.29) is 0 Å². The summed E-state index contributed by atoms with van der Waals surface area (Å²) in [5.74, 6) is 0.912. The Bertz CT molecular complexity index is 340. The summed E-state index contributed by atoms with van der Waals surface area (Å²) < 4.78 is 5.20. The van der Waals surface area contributed by atoms with Gasteiger partial charge in [0.05, 0.1) is 7.11 Å². The fraction of sp³-hybridized carbons (Fsp3) is 0.538. The van der Waals surface area contributed by atoms with Gasteiger partial charge in [0.2, 0.25) is 0 Å². The van der Waals surface area contributed by atoms with Gasteiger partial charge in [-0.25, -0.2) is 0 Å². The van der Waals surface area contributed by atoms with Crippen LogP contribution in [0.3, 0.4) is 0 Å². The average molecular weight is 220 g/mol. The number of rotatable bonds is 4. The van der Waals surface area contributed by atoms with Crippen molar-refractivity contribution in [1.29, 1.82) is 0 Å². The van der Waals surface area contributed by atoms with Crippen molar-refractivity contribution in [3.05, 3.63) is 29.8 Å². The molecule has 0 saturated heterocycles. The van der Waals surface area contributed by atoms with Crippen LogP contribution in [0.4, 0.5) is 0 Å². The van der Waals surface area contributed by atoms with Crippen molar-refractivity contribution in [2.75, 3.05) is 7.11 Å². The normalized spacial score (nSPS) is 24.6.